The number of amides is 2. The summed E-state index contributed by atoms with van der Waals surface area (Å²) in [5.41, 5.74) is 0.901. The number of nitrogens with one attached hydrogen (secondary N) is 1. The van der Waals surface area contributed by atoms with Crippen LogP contribution in [0.25, 0.3) is 0 Å². The van der Waals surface area contributed by atoms with Crippen LogP contribution in [0.15, 0.2) is 18.2 Å². The number of ether oxygens (including phenoxy) is 1. The van der Waals surface area contributed by atoms with Crippen LogP contribution in [0.5, 0.6) is 0 Å². The van der Waals surface area contributed by atoms with Crippen LogP contribution in [0.1, 0.15) is 24.8 Å². The lowest BCUT2D eigenvalue weighted by atomic mass is 10.1. The molecule has 0 unspecified atom stereocenters. The van der Waals surface area contributed by atoms with Crippen LogP contribution in [0.3, 0.4) is 0 Å². The fraction of sp³-hybridized carbons (Fsp3) is 0.579. The zero-order chi connectivity index (χ0) is 20.1. The summed E-state index contributed by atoms with van der Waals surface area (Å²) in [6.45, 7) is 5.60. The van der Waals surface area contributed by atoms with E-state index in [1.165, 1.54) is 6.07 Å². The monoisotopic (exact) mass is 390 g/mol. The molecule has 2 amide bonds. The summed E-state index contributed by atoms with van der Waals surface area (Å²) in [5.74, 6) is -0.0995. The highest BCUT2D eigenvalue weighted by molar-refractivity contribution is 5.92. The molecule has 1 aromatic rings. The summed E-state index contributed by atoms with van der Waals surface area (Å²) < 4.78 is 5.46. The van der Waals surface area contributed by atoms with E-state index in [2.05, 4.69) is 10.2 Å². The van der Waals surface area contributed by atoms with Crippen molar-refractivity contribution in [1.82, 2.24) is 9.80 Å². The molecule has 3 rings (SSSR count). The molecule has 0 spiro atoms. The quantitative estimate of drug-likeness (QED) is 0.584. The van der Waals surface area contributed by atoms with Crippen LogP contribution in [0.2, 0.25) is 0 Å². The first-order valence-corrected chi connectivity index (χ1v) is 9.62. The third-order valence-electron chi connectivity index (χ3n) is 5.32. The first-order valence-electron chi connectivity index (χ1n) is 9.62. The molecule has 0 radical (unpaired) electrons. The van der Waals surface area contributed by atoms with Gasteiger partial charge >= 0.3 is 0 Å². The molecule has 0 bridgehead atoms. The molecule has 2 fully saturated rings. The van der Waals surface area contributed by atoms with Gasteiger partial charge in [-0.05, 0) is 25.8 Å². The zero-order valence-electron chi connectivity index (χ0n) is 16.1. The number of nitro benzene ring substituents is 1. The Morgan fingerprint density at radius 2 is 2.04 bits per heavy atom. The van der Waals surface area contributed by atoms with Crippen LogP contribution in [0, 0.1) is 17.0 Å². The number of anilines is 1. The minimum atomic E-state index is -0.456. The molecular weight excluding hydrogens is 364 g/mol. The van der Waals surface area contributed by atoms with E-state index >= 15 is 0 Å². The van der Waals surface area contributed by atoms with Gasteiger partial charge in [0, 0.05) is 51.8 Å². The summed E-state index contributed by atoms with van der Waals surface area (Å²) in [6.07, 6.45) is 1.75. The van der Waals surface area contributed by atoms with Crippen molar-refractivity contribution < 1.29 is 19.2 Å². The lowest BCUT2D eigenvalue weighted by Crippen LogP contribution is -2.51. The summed E-state index contributed by atoms with van der Waals surface area (Å²) in [7, 11) is 0. The zero-order valence-corrected chi connectivity index (χ0v) is 16.1. The van der Waals surface area contributed by atoms with E-state index in [-0.39, 0.29) is 23.6 Å². The normalized spacial score (nSPS) is 20.2. The second kappa shape index (κ2) is 9.11. The smallest absolute Gasteiger partial charge is 0.274 e. The van der Waals surface area contributed by atoms with E-state index in [1.54, 1.807) is 19.1 Å². The molecular formula is C19H26N4O5. The molecule has 28 heavy (non-hydrogen) atoms. The molecule has 9 nitrogen and oxygen atoms in total. The molecule has 0 saturated carbocycles. The molecule has 1 atom stereocenters. The fourth-order valence-corrected chi connectivity index (χ4v) is 3.60. The van der Waals surface area contributed by atoms with Gasteiger partial charge in [0.2, 0.25) is 5.91 Å². The van der Waals surface area contributed by atoms with Gasteiger partial charge in [-0.15, -0.1) is 0 Å². The highest BCUT2D eigenvalue weighted by atomic mass is 16.6. The SMILES string of the molecule is Cc1c(NC(=O)CCN2CCN(C(=O)[C@H]3CCCO3)CC2)cccc1[N+](=O)[O-]. The van der Waals surface area contributed by atoms with E-state index < -0.39 is 4.92 Å². The Hall–Kier alpha value is -2.52. The van der Waals surface area contributed by atoms with Gasteiger partial charge in [-0.1, -0.05) is 6.07 Å². The predicted molar refractivity (Wildman–Crippen MR) is 103 cm³/mol. The van der Waals surface area contributed by atoms with Crippen LogP contribution in [0.4, 0.5) is 11.4 Å². The standard InChI is InChI=1S/C19H26N4O5/c1-14-15(4-2-5-16(14)23(26)27)20-18(24)7-8-21-9-11-22(12-10-21)19(25)17-6-3-13-28-17/h2,4-5,17H,3,6-13H2,1H3,(H,20,24)/t17-/m1/s1. The van der Waals surface area contributed by atoms with Crippen LogP contribution >= 0.6 is 0 Å². The second-order valence-corrected chi connectivity index (χ2v) is 7.17. The number of piperazine rings is 1. The molecule has 0 aliphatic carbocycles. The van der Waals surface area contributed by atoms with Gasteiger partial charge in [0.05, 0.1) is 16.2 Å². The minimum absolute atomic E-state index is 0.00942. The van der Waals surface area contributed by atoms with Crippen molar-refractivity contribution in [2.24, 2.45) is 0 Å². The van der Waals surface area contributed by atoms with E-state index in [9.17, 15) is 19.7 Å². The van der Waals surface area contributed by atoms with Crippen molar-refractivity contribution in [2.75, 3.05) is 44.6 Å². The molecule has 2 aliphatic rings. The van der Waals surface area contributed by atoms with Gasteiger partial charge in [0.1, 0.15) is 6.10 Å². The summed E-state index contributed by atoms with van der Waals surface area (Å²) in [4.78, 5) is 39.1. The van der Waals surface area contributed by atoms with E-state index in [4.69, 9.17) is 4.74 Å². The van der Waals surface area contributed by atoms with Crippen molar-refractivity contribution in [3.63, 3.8) is 0 Å². The highest BCUT2D eigenvalue weighted by Gasteiger charge is 2.30. The van der Waals surface area contributed by atoms with Crippen LogP contribution in [-0.2, 0) is 14.3 Å². The van der Waals surface area contributed by atoms with Gasteiger partial charge < -0.3 is 15.0 Å². The number of hydrogen-bond donors (Lipinski definition) is 1. The maximum Gasteiger partial charge on any atom is 0.274 e. The van der Waals surface area contributed by atoms with Crippen molar-refractivity contribution in [2.45, 2.75) is 32.3 Å². The number of hydrogen-bond acceptors (Lipinski definition) is 6. The topological polar surface area (TPSA) is 105 Å². The Balaban J connectivity index is 1.43. The van der Waals surface area contributed by atoms with Crippen molar-refractivity contribution >= 4 is 23.2 Å². The molecule has 1 N–H and O–H groups in total. The van der Waals surface area contributed by atoms with Gasteiger partial charge in [-0.2, -0.15) is 0 Å². The molecule has 2 saturated heterocycles. The molecule has 152 valence electrons. The fourth-order valence-electron chi connectivity index (χ4n) is 3.60. The van der Waals surface area contributed by atoms with E-state index in [0.717, 1.165) is 25.9 Å². The third kappa shape index (κ3) is 4.85. The molecule has 2 aliphatic heterocycles. The lowest BCUT2D eigenvalue weighted by molar-refractivity contribution is -0.385. The maximum atomic E-state index is 12.4. The van der Waals surface area contributed by atoms with Gasteiger partial charge in [0.25, 0.3) is 11.6 Å². The highest BCUT2D eigenvalue weighted by Crippen LogP contribution is 2.25. The van der Waals surface area contributed by atoms with Crippen molar-refractivity contribution in [3.05, 3.63) is 33.9 Å². The van der Waals surface area contributed by atoms with Crippen molar-refractivity contribution in [1.29, 1.82) is 0 Å². The number of rotatable bonds is 6. The number of nitrogens with zero attached hydrogens (tertiary/aromatic N) is 3. The third-order valence-corrected chi connectivity index (χ3v) is 5.32. The Morgan fingerprint density at radius 3 is 2.68 bits per heavy atom. The summed E-state index contributed by atoms with van der Waals surface area (Å²) >= 11 is 0. The number of benzene rings is 1. The number of nitro groups is 1. The second-order valence-electron chi connectivity index (χ2n) is 7.17. The van der Waals surface area contributed by atoms with Gasteiger partial charge in [0.15, 0.2) is 0 Å². The summed E-state index contributed by atoms with van der Waals surface area (Å²) in [6, 6.07) is 4.64. The summed E-state index contributed by atoms with van der Waals surface area (Å²) in [5, 5.41) is 13.8. The average Bonchev–Trinajstić information content (AvgIpc) is 3.22. The Morgan fingerprint density at radius 1 is 1.29 bits per heavy atom. The molecule has 0 aromatic heterocycles. The average molecular weight is 390 g/mol. The first-order chi connectivity index (χ1) is 13.5. The molecule has 2 heterocycles. The maximum absolute atomic E-state index is 12.4. The predicted octanol–water partition coefficient (Wildman–Crippen LogP) is 1.56. The van der Waals surface area contributed by atoms with Crippen LogP contribution in [-0.4, -0.2) is 72.0 Å². The van der Waals surface area contributed by atoms with Crippen LogP contribution < -0.4 is 5.32 Å². The van der Waals surface area contributed by atoms with E-state index in [1.807, 2.05) is 4.90 Å². The van der Waals surface area contributed by atoms with Crippen molar-refractivity contribution in [3.8, 4) is 0 Å². The first kappa shape index (κ1) is 20.2. The van der Waals surface area contributed by atoms with Gasteiger partial charge in [-0.3, -0.25) is 24.6 Å². The Bertz CT molecular complexity index is 740. The molecule has 1 aromatic carbocycles. The largest absolute Gasteiger partial charge is 0.368 e. The van der Waals surface area contributed by atoms with E-state index in [0.29, 0.717) is 43.9 Å². The number of carbonyl (C=O) groups excluding carboxylic acids is 2. The number of carbonyl (C=O) groups is 2. The minimum Gasteiger partial charge on any atom is -0.368 e. The Kier molecular flexibility index (Phi) is 6.58. The Labute approximate surface area is 163 Å². The molecule has 9 heteroatoms. The lowest BCUT2D eigenvalue weighted by Gasteiger charge is -2.35. The van der Waals surface area contributed by atoms with Gasteiger partial charge in [-0.25, -0.2) is 0 Å².